The Morgan fingerprint density at radius 2 is 0.947 bits per heavy atom. The summed E-state index contributed by atoms with van der Waals surface area (Å²) >= 11 is 0. The second-order valence-electron chi connectivity index (χ2n) is 14.9. The first-order valence-corrected chi connectivity index (χ1v) is 24.3. The number of allylic oxidation sites excluding steroid dienone is 10. The lowest BCUT2D eigenvalue weighted by atomic mass is 10.0. The molecule has 57 heavy (non-hydrogen) atoms. The Labute approximate surface area is 349 Å². The Bertz CT molecular complexity index is 1120. The van der Waals surface area contributed by atoms with Crippen molar-refractivity contribution in [3.8, 4) is 0 Å². The Morgan fingerprint density at radius 1 is 0.526 bits per heavy atom. The monoisotopic (exact) mass is 822 g/mol. The topological polar surface area (TPSA) is 134 Å². The Morgan fingerprint density at radius 3 is 1.42 bits per heavy atom. The molecule has 0 fully saturated rings. The maximum Gasteiger partial charge on any atom is 0.472 e. The first-order chi connectivity index (χ1) is 27.8. The van der Waals surface area contributed by atoms with Gasteiger partial charge in [-0.15, -0.1) is 0 Å². The number of esters is 2. The molecule has 0 spiro atoms. The van der Waals surface area contributed by atoms with Gasteiger partial charge in [-0.05, 0) is 51.4 Å². The van der Waals surface area contributed by atoms with E-state index in [1.54, 1.807) is 0 Å². The Balaban J connectivity index is 4.24. The molecule has 0 aromatic rings. The molecular weight excluding hydrogens is 737 g/mol. The van der Waals surface area contributed by atoms with Crippen LogP contribution in [0.4, 0.5) is 0 Å². The fraction of sp³-hybridized carbons (Fsp3) is 0.745. The highest BCUT2D eigenvalue weighted by atomic mass is 31.2. The molecule has 0 aliphatic heterocycles. The van der Waals surface area contributed by atoms with Gasteiger partial charge in [0.05, 0.1) is 13.2 Å². The molecule has 9 nitrogen and oxygen atoms in total. The summed E-state index contributed by atoms with van der Waals surface area (Å²) in [5.41, 5.74) is 5.35. The van der Waals surface area contributed by atoms with Crippen LogP contribution in [0.15, 0.2) is 60.8 Å². The van der Waals surface area contributed by atoms with Crippen molar-refractivity contribution >= 4 is 19.8 Å². The van der Waals surface area contributed by atoms with Crippen molar-refractivity contribution in [2.45, 2.75) is 200 Å². The third-order valence-corrected chi connectivity index (χ3v) is 10.4. The van der Waals surface area contributed by atoms with Crippen molar-refractivity contribution in [3.05, 3.63) is 60.8 Å². The molecule has 0 heterocycles. The first kappa shape index (κ1) is 54.7. The van der Waals surface area contributed by atoms with E-state index in [4.69, 9.17) is 24.3 Å². The van der Waals surface area contributed by atoms with Crippen LogP contribution in [0.5, 0.6) is 0 Å². The van der Waals surface area contributed by atoms with Gasteiger partial charge in [0.15, 0.2) is 6.10 Å². The minimum absolute atomic E-state index is 0.0409. The predicted molar refractivity (Wildman–Crippen MR) is 238 cm³/mol. The van der Waals surface area contributed by atoms with Gasteiger partial charge >= 0.3 is 19.8 Å². The van der Waals surface area contributed by atoms with Gasteiger partial charge in [-0.1, -0.05) is 190 Å². The van der Waals surface area contributed by atoms with E-state index in [-0.39, 0.29) is 32.6 Å². The molecule has 2 atom stereocenters. The lowest BCUT2D eigenvalue weighted by Crippen LogP contribution is -2.29. The predicted octanol–water partition coefficient (Wildman–Crippen LogP) is 13.3. The van der Waals surface area contributed by atoms with Crippen LogP contribution in [0.25, 0.3) is 0 Å². The van der Waals surface area contributed by atoms with E-state index >= 15 is 0 Å². The SMILES string of the molecule is CCCCC/C=C\C/C=C\C/C=C\C/C=C\C/C=C\CCC(=O)O[C@H](COC(=O)CCCCCCCCCCCCCCCCCCC)COP(=O)(O)OCCN. The number of phosphoric ester groups is 1. The lowest BCUT2D eigenvalue weighted by Gasteiger charge is -2.19. The van der Waals surface area contributed by atoms with Gasteiger partial charge in [0.1, 0.15) is 6.61 Å². The molecule has 0 aromatic heterocycles. The summed E-state index contributed by atoms with van der Waals surface area (Å²) in [6.45, 7) is 3.63. The number of nitrogens with two attached hydrogens (primary N) is 1. The van der Waals surface area contributed by atoms with Gasteiger partial charge in [-0.2, -0.15) is 0 Å². The van der Waals surface area contributed by atoms with Crippen molar-refractivity contribution in [1.82, 2.24) is 0 Å². The van der Waals surface area contributed by atoms with Crippen LogP contribution in [0, 0.1) is 0 Å². The molecule has 3 N–H and O–H groups in total. The normalized spacial score (nSPS) is 13.8. The van der Waals surface area contributed by atoms with E-state index in [0.29, 0.717) is 6.42 Å². The number of hydrogen-bond acceptors (Lipinski definition) is 8. The third kappa shape index (κ3) is 43.1. The van der Waals surface area contributed by atoms with Crippen molar-refractivity contribution < 1.29 is 37.6 Å². The maximum atomic E-state index is 12.6. The summed E-state index contributed by atoms with van der Waals surface area (Å²) in [4.78, 5) is 34.9. The number of rotatable bonds is 42. The van der Waals surface area contributed by atoms with E-state index in [0.717, 1.165) is 44.9 Å². The average molecular weight is 822 g/mol. The second kappa shape index (κ2) is 43.3. The Hall–Kier alpha value is -2.29. The second-order valence-corrected chi connectivity index (χ2v) is 16.4. The zero-order valence-electron chi connectivity index (χ0n) is 36.3. The summed E-state index contributed by atoms with van der Waals surface area (Å²) in [5.74, 6) is -0.922. The van der Waals surface area contributed by atoms with E-state index < -0.39 is 32.5 Å². The molecule has 0 radical (unpaired) electrons. The van der Waals surface area contributed by atoms with Gasteiger partial charge in [-0.3, -0.25) is 18.6 Å². The summed E-state index contributed by atoms with van der Waals surface area (Å²) in [6, 6.07) is 0. The summed E-state index contributed by atoms with van der Waals surface area (Å²) < 4.78 is 32.7. The molecular formula is C47H84NO8P. The number of phosphoric acid groups is 1. The minimum atomic E-state index is -4.40. The van der Waals surface area contributed by atoms with Gasteiger partial charge in [0, 0.05) is 19.4 Å². The summed E-state index contributed by atoms with van der Waals surface area (Å²) in [6.07, 6.45) is 51.2. The van der Waals surface area contributed by atoms with Crippen molar-refractivity contribution in [1.29, 1.82) is 0 Å². The summed E-state index contributed by atoms with van der Waals surface area (Å²) in [5, 5.41) is 0. The smallest absolute Gasteiger partial charge is 0.462 e. The zero-order valence-corrected chi connectivity index (χ0v) is 37.2. The van der Waals surface area contributed by atoms with Gasteiger partial charge in [0.2, 0.25) is 0 Å². The maximum absolute atomic E-state index is 12.6. The molecule has 0 saturated heterocycles. The van der Waals surface area contributed by atoms with Crippen LogP contribution in [0.2, 0.25) is 0 Å². The number of hydrogen-bond donors (Lipinski definition) is 2. The fourth-order valence-electron chi connectivity index (χ4n) is 6.03. The van der Waals surface area contributed by atoms with E-state index in [1.807, 2.05) is 12.2 Å². The van der Waals surface area contributed by atoms with Crippen molar-refractivity contribution in [2.75, 3.05) is 26.4 Å². The van der Waals surface area contributed by atoms with Gasteiger partial charge < -0.3 is 20.1 Å². The fourth-order valence-corrected chi connectivity index (χ4v) is 6.79. The van der Waals surface area contributed by atoms with Crippen LogP contribution in [0.3, 0.4) is 0 Å². The number of carbonyl (C=O) groups is 2. The van der Waals surface area contributed by atoms with E-state index in [9.17, 15) is 19.0 Å². The van der Waals surface area contributed by atoms with Crippen LogP contribution >= 0.6 is 7.82 Å². The van der Waals surface area contributed by atoms with Crippen LogP contribution < -0.4 is 5.73 Å². The minimum Gasteiger partial charge on any atom is -0.462 e. The molecule has 1 unspecified atom stereocenters. The van der Waals surface area contributed by atoms with E-state index in [2.05, 4.69) is 62.5 Å². The molecule has 0 saturated carbocycles. The average Bonchev–Trinajstić information content (AvgIpc) is 3.20. The van der Waals surface area contributed by atoms with Crippen molar-refractivity contribution in [3.63, 3.8) is 0 Å². The third-order valence-electron chi connectivity index (χ3n) is 9.42. The molecule has 10 heteroatoms. The van der Waals surface area contributed by atoms with Gasteiger partial charge in [-0.25, -0.2) is 4.57 Å². The highest BCUT2D eigenvalue weighted by molar-refractivity contribution is 7.47. The van der Waals surface area contributed by atoms with Crippen LogP contribution in [-0.4, -0.2) is 49.3 Å². The molecule has 330 valence electrons. The van der Waals surface area contributed by atoms with Crippen LogP contribution in [-0.2, 0) is 32.7 Å². The number of ether oxygens (including phenoxy) is 2. The Kier molecular flexibility index (Phi) is 41.6. The molecule has 0 bridgehead atoms. The lowest BCUT2D eigenvalue weighted by molar-refractivity contribution is -0.161. The standard InChI is InChI=1S/C47H84NO8P/c1-3-5-7-9-11-13-15-17-19-21-22-24-26-28-30-32-34-36-38-40-47(50)56-45(44-55-57(51,52)54-42-41-48)43-53-46(49)39-37-35-33-31-29-27-25-23-20-18-16-14-12-10-8-6-4-2/h11,13,17,19,22,24,28,30,34,36,45H,3-10,12,14-16,18,20-21,23,25-27,29,31-33,35,37-44,48H2,1-2H3,(H,51,52)/b13-11-,19-17-,24-22-,30-28-,36-34-/t45-/m1/s1. The molecule has 0 aliphatic rings. The quantitative estimate of drug-likeness (QED) is 0.0267. The molecule has 0 rings (SSSR count). The summed E-state index contributed by atoms with van der Waals surface area (Å²) in [7, 11) is -4.40. The molecule has 0 aromatic carbocycles. The molecule has 0 amide bonds. The largest absolute Gasteiger partial charge is 0.472 e. The number of carbonyl (C=O) groups excluding carboxylic acids is 2. The zero-order chi connectivity index (χ0) is 41.8. The van der Waals surface area contributed by atoms with Crippen LogP contribution in [0.1, 0.15) is 194 Å². The highest BCUT2D eigenvalue weighted by Gasteiger charge is 2.25. The van der Waals surface area contributed by atoms with E-state index in [1.165, 1.54) is 116 Å². The molecule has 0 aliphatic carbocycles. The van der Waals surface area contributed by atoms with Crippen molar-refractivity contribution in [2.24, 2.45) is 5.73 Å². The van der Waals surface area contributed by atoms with Gasteiger partial charge in [0.25, 0.3) is 0 Å². The number of unbranched alkanes of at least 4 members (excludes halogenated alkanes) is 19. The highest BCUT2D eigenvalue weighted by Crippen LogP contribution is 2.43. The first-order valence-electron chi connectivity index (χ1n) is 22.8.